The third-order valence-corrected chi connectivity index (χ3v) is 4.49. The van der Waals surface area contributed by atoms with Crippen molar-refractivity contribution in [2.45, 2.75) is 32.9 Å². The summed E-state index contributed by atoms with van der Waals surface area (Å²) in [4.78, 5) is 15.7. The maximum absolute atomic E-state index is 4.77. The van der Waals surface area contributed by atoms with Gasteiger partial charge in [0, 0.05) is 42.4 Å². The van der Waals surface area contributed by atoms with Gasteiger partial charge in [0.15, 0.2) is 0 Å². The molecule has 0 bridgehead atoms. The molecular weight excluding hydrogens is 310 g/mol. The molecule has 0 spiro atoms. The number of nitrogens with one attached hydrogen (secondary N) is 1. The monoisotopic (exact) mass is 331 g/mol. The lowest BCUT2D eigenvalue weighted by Crippen LogP contribution is -2.26. The summed E-state index contributed by atoms with van der Waals surface area (Å²) in [6.07, 6.45) is 4.63. The molecule has 0 saturated heterocycles. The number of rotatable bonds is 4. The zero-order valence-corrected chi connectivity index (χ0v) is 14.5. The van der Waals surface area contributed by atoms with Gasteiger partial charge in [0.25, 0.3) is 0 Å². The molecule has 5 heteroatoms. The van der Waals surface area contributed by atoms with Crippen LogP contribution in [0.1, 0.15) is 23.7 Å². The summed E-state index contributed by atoms with van der Waals surface area (Å²) in [6.45, 7) is 4.94. The van der Waals surface area contributed by atoms with Crippen molar-refractivity contribution in [2.75, 3.05) is 10.2 Å². The van der Waals surface area contributed by atoms with Crippen molar-refractivity contribution in [1.29, 1.82) is 0 Å². The van der Waals surface area contributed by atoms with Gasteiger partial charge in [-0.3, -0.25) is 4.98 Å². The lowest BCUT2D eigenvalue weighted by molar-refractivity contribution is 0.738. The van der Waals surface area contributed by atoms with Crippen LogP contribution in [0.5, 0.6) is 0 Å². The molecule has 0 amide bonds. The van der Waals surface area contributed by atoms with Crippen molar-refractivity contribution in [3.05, 3.63) is 71.7 Å². The molecule has 3 aromatic rings. The summed E-state index contributed by atoms with van der Waals surface area (Å²) in [5.41, 5.74) is 4.69. The average Bonchev–Trinajstić information content (AvgIpc) is 2.96. The Balaban J connectivity index is 1.62. The second-order valence-electron chi connectivity index (χ2n) is 6.46. The molecule has 5 nitrogen and oxygen atoms in total. The minimum absolute atomic E-state index is 0.354. The summed E-state index contributed by atoms with van der Waals surface area (Å²) in [7, 11) is 0. The lowest BCUT2D eigenvalue weighted by Gasteiger charge is -2.23. The maximum atomic E-state index is 4.77. The summed E-state index contributed by atoms with van der Waals surface area (Å²) < 4.78 is 0. The Morgan fingerprint density at radius 3 is 2.76 bits per heavy atom. The fourth-order valence-corrected chi connectivity index (χ4v) is 3.31. The number of aryl methyl sites for hydroxylation is 1. The number of hydrogen-bond acceptors (Lipinski definition) is 5. The Kier molecular flexibility index (Phi) is 4.06. The van der Waals surface area contributed by atoms with Gasteiger partial charge in [-0.25, -0.2) is 4.98 Å². The van der Waals surface area contributed by atoms with Gasteiger partial charge in [0.2, 0.25) is 5.95 Å². The number of pyridine rings is 1. The standard InChI is InChI=1S/C20H21N5/c1-14-11-19(22-13-16-7-9-21-10-8-16)24-20(23-14)25-15(2)12-17-5-3-4-6-18(17)25/h3-11,15H,12-13H2,1-2H3,(H,22,23,24). The van der Waals surface area contributed by atoms with E-state index in [0.717, 1.165) is 23.9 Å². The number of aromatic nitrogens is 3. The first-order valence-corrected chi connectivity index (χ1v) is 8.56. The van der Waals surface area contributed by atoms with Crippen LogP contribution >= 0.6 is 0 Å². The molecule has 2 aromatic heterocycles. The van der Waals surface area contributed by atoms with Gasteiger partial charge in [-0.2, -0.15) is 4.98 Å². The molecule has 25 heavy (non-hydrogen) atoms. The number of hydrogen-bond donors (Lipinski definition) is 1. The third kappa shape index (κ3) is 3.18. The van der Waals surface area contributed by atoms with E-state index < -0.39 is 0 Å². The molecular formula is C20H21N5. The van der Waals surface area contributed by atoms with Gasteiger partial charge in [-0.15, -0.1) is 0 Å². The van der Waals surface area contributed by atoms with Gasteiger partial charge in [-0.05, 0) is 49.6 Å². The Morgan fingerprint density at radius 2 is 1.92 bits per heavy atom. The summed E-state index contributed by atoms with van der Waals surface area (Å²) in [6, 6.07) is 14.8. The van der Waals surface area contributed by atoms with Crippen molar-refractivity contribution in [3.63, 3.8) is 0 Å². The number of fused-ring (bicyclic) bond motifs is 1. The highest BCUT2D eigenvalue weighted by Gasteiger charge is 2.28. The normalized spacial score (nSPS) is 15.9. The highest BCUT2D eigenvalue weighted by Crippen LogP contribution is 2.36. The van der Waals surface area contributed by atoms with Crippen molar-refractivity contribution >= 4 is 17.5 Å². The highest BCUT2D eigenvalue weighted by atomic mass is 15.3. The van der Waals surface area contributed by atoms with Gasteiger partial charge in [0.05, 0.1) is 0 Å². The molecule has 3 heterocycles. The minimum atomic E-state index is 0.354. The Bertz CT molecular complexity index is 878. The third-order valence-electron chi connectivity index (χ3n) is 4.49. The van der Waals surface area contributed by atoms with Crippen LogP contribution in [0.25, 0.3) is 0 Å². The van der Waals surface area contributed by atoms with Crippen LogP contribution in [0.2, 0.25) is 0 Å². The first-order chi connectivity index (χ1) is 12.2. The van der Waals surface area contributed by atoms with Crippen LogP contribution in [0.4, 0.5) is 17.5 Å². The molecule has 1 aromatic carbocycles. The predicted molar refractivity (Wildman–Crippen MR) is 100 cm³/mol. The number of benzene rings is 1. The van der Waals surface area contributed by atoms with Crippen LogP contribution in [0, 0.1) is 6.92 Å². The molecule has 4 rings (SSSR count). The fraction of sp³-hybridized carbons (Fsp3) is 0.250. The van der Waals surface area contributed by atoms with Gasteiger partial charge in [-0.1, -0.05) is 18.2 Å². The van der Waals surface area contributed by atoms with Crippen molar-refractivity contribution in [3.8, 4) is 0 Å². The molecule has 1 aliphatic rings. The first kappa shape index (κ1) is 15.6. The van der Waals surface area contributed by atoms with E-state index in [2.05, 4.69) is 51.4 Å². The fourth-order valence-electron chi connectivity index (χ4n) is 3.31. The van der Waals surface area contributed by atoms with Crippen LogP contribution in [-0.4, -0.2) is 21.0 Å². The molecule has 1 unspecified atom stereocenters. The van der Waals surface area contributed by atoms with Crippen LogP contribution in [0.15, 0.2) is 54.9 Å². The van der Waals surface area contributed by atoms with E-state index in [9.17, 15) is 0 Å². The largest absolute Gasteiger partial charge is 0.366 e. The molecule has 0 fully saturated rings. The number of para-hydroxylation sites is 1. The topological polar surface area (TPSA) is 53.9 Å². The van der Waals surface area contributed by atoms with Crippen LogP contribution in [0.3, 0.4) is 0 Å². The molecule has 0 radical (unpaired) electrons. The van der Waals surface area contributed by atoms with E-state index in [4.69, 9.17) is 4.98 Å². The molecule has 126 valence electrons. The summed E-state index contributed by atoms with van der Waals surface area (Å²) >= 11 is 0. The highest BCUT2D eigenvalue weighted by molar-refractivity contribution is 5.67. The van der Waals surface area contributed by atoms with Crippen LogP contribution < -0.4 is 10.2 Å². The second kappa shape index (κ2) is 6.51. The molecule has 1 N–H and O–H groups in total. The van der Waals surface area contributed by atoms with Gasteiger partial charge < -0.3 is 10.2 Å². The Labute approximate surface area is 147 Å². The van der Waals surface area contributed by atoms with E-state index in [0.29, 0.717) is 12.6 Å². The lowest BCUT2D eigenvalue weighted by atomic mass is 10.1. The summed E-state index contributed by atoms with van der Waals surface area (Å²) in [5.74, 6) is 1.60. The Morgan fingerprint density at radius 1 is 1.12 bits per heavy atom. The molecule has 0 saturated carbocycles. The quantitative estimate of drug-likeness (QED) is 0.786. The van der Waals surface area contributed by atoms with E-state index in [1.54, 1.807) is 12.4 Å². The SMILES string of the molecule is Cc1cc(NCc2ccncc2)nc(N2c3ccccc3CC2C)n1. The van der Waals surface area contributed by atoms with Crippen molar-refractivity contribution in [1.82, 2.24) is 15.0 Å². The van der Waals surface area contributed by atoms with E-state index in [1.165, 1.54) is 16.8 Å². The average molecular weight is 331 g/mol. The smallest absolute Gasteiger partial charge is 0.232 e. The van der Waals surface area contributed by atoms with Crippen molar-refractivity contribution in [2.24, 2.45) is 0 Å². The van der Waals surface area contributed by atoms with E-state index in [1.807, 2.05) is 25.1 Å². The zero-order valence-electron chi connectivity index (χ0n) is 14.5. The summed E-state index contributed by atoms with van der Waals surface area (Å²) in [5, 5.41) is 3.40. The molecule has 1 aliphatic heterocycles. The molecule has 0 aliphatic carbocycles. The first-order valence-electron chi connectivity index (χ1n) is 8.56. The zero-order chi connectivity index (χ0) is 17.2. The van der Waals surface area contributed by atoms with Gasteiger partial charge in [0.1, 0.15) is 5.82 Å². The maximum Gasteiger partial charge on any atom is 0.232 e. The number of anilines is 3. The van der Waals surface area contributed by atoms with Crippen LogP contribution in [-0.2, 0) is 13.0 Å². The number of nitrogens with zero attached hydrogens (tertiary/aromatic N) is 4. The van der Waals surface area contributed by atoms with Gasteiger partial charge >= 0.3 is 0 Å². The Hall–Kier alpha value is -2.95. The second-order valence-corrected chi connectivity index (χ2v) is 6.46. The van der Waals surface area contributed by atoms with Crippen molar-refractivity contribution < 1.29 is 0 Å². The van der Waals surface area contributed by atoms with E-state index >= 15 is 0 Å². The predicted octanol–water partition coefficient (Wildman–Crippen LogP) is 3.87. The molecule has 1 atom stereocenters. The van der Waals surface area contributed by atoms with E-state index in [-0.39, 0.29) is 0 Å². The minimum Gasteiger partial charge on any atom is -0.366 e.